The fourth-order valence-electron chi connectivity index (χ4n) is 2.64. The minimum Gasteiger partial charge on any atom is -0.369 e. The quantitative estimate of drug-likeness (QED) is 0.805. The third-order valence-electron chi connectivity index (χ3n) is 3.94. The lowest BCUT2D eigenvalue weighted by molar-refractivity contribution is 0.385. The minimum absolute atomic E-state index is 0.0569. The fourth-order valence-corrected chi connectivity index (χ4v) is 4.54. The molecule has 0 radical (unpaired) electrons. The number of anilines is 1. The normalized spacial score (nSPS) is 16.4. The zero-order valence-electron chi connectivity index (χ0n) is 12.6. The molecular formula is C16H15Cl2FN2O2S. The number of rotatable bonds is 3. The maximum Gasteiger partial charge on any atom is 0.243 e. The van der Waals surface area contributed by atoms with Gasteiger partial charge in [0.1, 0.15) is 5.82 Å². The van der Waals surface area contributed by atoms with Gasteiger partial charge in [0.25, 0.3) is 0 Å². The maximum absolute atomic E-state index is 13.3. The molecule has 0 atom stereocenters. The van der Waals surface area contributed by atoms with Crippen molar-refractivity contribution in [2.75, 3.05) is 31.1 Å². The largest absolute Gasteiger partial charge is 0.369 e. The fraction of sp³-hybridized carbons (Fsp3) is 0.250. The lowest BCUT2D eigenvalue weighted by Crippen LogP contribution is -2.48. The summed E-state index contributed by atoms with van der Waals surface area (Å²) < 4.78 is 40.0. The van der Waals surface area contributed by atoms with Gasteiger partial charge in [-0.3, -0.25) is 0 Å². The summed E-state index contributed by atoms with van der Waals surface area (Å²) in [4.78, 5) is 2.17. The van der Waals surface area contributed by atoms with Crippen molar-refractivity contribution in [1.82, 2.24) is 4.31 Å². The van der Waals surface area contributed by atoms with Crippen LogP contribution in [0.15, 0.2) is 47.4 Å². The van der Waals surface area contributed by atoms with Crippen molar-refractivity contribution in [2.24, 2.45) is 0 Å². The van der Waals surface area contributed by atoms with Crippen molar-refractivity contribution in [3.8, 4) is 0 Å². The third-order valence-corrected chi connectivity index (χ3v) is 6.36. The number of hydrogen-bond acceptors (Lipinski definition) is 3. The summed E-state index contributed by atoms with van der Waals surface area (Å²) >= 11 is 11.7. The van der Waals surface area contributed by atoms with Crippen LogP contribution in [0.3, 0.4) is 0 Å². The van der Waals surface area contributed by atoms with Crippen LogP contribution in [0.1, 0.15) is 0 Å². The summed E-state index contributed by atoms with van der Waals surface area (Å²) in [5.41, 5.74) is 0.779. The van der Waals surface area contributed by atoms with Gasteiger partial charge >= 0.3 is 0 Å². The van der Waals surface area contributed by atoms with Gasteiger partial charge in [0, 0.05) is 36.9 Å². The van der Waals surface area contributed by atoms with Crippen LogP contribution < -0.4 is 4.90 Å². The SMILES string of the molecule is O=S(=O)(c1cccc(Cl)c1)N1CCN(c2ccc(F)c(Cl)c2)CC1. The van der Waals surface area contributed by atoms with Gasteiger partial charge in [0.2, 0.25) is 10.0 Å². The van der Waals surface area contributed by atoms with Gasteiger partial charge in [0.15, 0.2) is 0 Å². The van der Waals surface area contributed by atoms with E-state index in [1.807, 2.05) is 4.90 Å². The number of piperazine rings is 1. The van der Waals surface area contributed by atoms with Crippen LogP contribution in [0, 0.1) is 5.82 Å². The Morgan fingerprint density at radius 3 is 2.29 bits per heavy atom. The number of hydrogen-bond donors (Lipinski definition) is 0. The van der Waals surface area contributed by atoms with E-state index in [1.165, 1.54) is 22.5 Å². The summed E-state index contributed by atoms with van der Waals surface area (Å²) in [7, 11) is -3.57. The second kappa shape index (κ2) is 6.88. The number of halogens is 3. The molecule has 1 aliphatic rings. The molecule has 4 nitrogen and oxygen atoms in total. The van der Waals surface area contributed by atoms with Crippen LogP contribution in [-0.2, 0) is 10.0 Å². The molecule has 0 N–H and O–H groups in total. The first kappa shape index (κ1) is 17.5. The molecule has 8 heteroatoms. The van der Waals surface area contributed by atoms with Gasteiger partial charge in [-0.25, -0.2) is 12.8 Å². The molecule has 0 amide bonds. The Balaban J connectivity index is 1.73. The van der Waals surface area contributed by atoms with E-state index in [0.29, 0.717) is 31.2 Å². The average molecular weight is 389 g/mol. The Kier molecular flexibility index (Phi) is 5.01. The Morgan fingerprint density at radius 1 is 0.958 bits per heavy atom. The number of sulfonamides is 1. The van der Waals surface area contributed by atoms with E-state index in [9.17, 15) is 12.8 Å². The first-order valence-corrected chi connectivity index (χ1v) is 9.53. The molecule has 3 rings (SSSR count). The van der Waals surface area contributed by atoms with E-state index in [1.54, 1.807) is 24.3 Å². The Hall–Kier alpha value is -1.34. The van der Waals surface area contributed by atoms with Gasteiger partial charge in [-0.05, 0) is 36.4 Å². The molecule has 0 saturated carbocycles. The highest BCUT2D eigenvalue weighted by atomic mass is 35.5. The van der Waals surface area contributed by atoms with Gasteiger partial charge < -0.3 is 4.90 Å². The zero-order chi connectivity index (χ0) is 17.3. The molecule has 1 saturated heterocycles. The van der Waals surface area contributed by atoms with E-state index in [4.69, 9.17) is 23.2 Å². The Labute approximate surface area is 150 Å². The smallest absolute Gasteiger partial charge is 0.243 e. The first-order chi connectivity index (χ1) is 11.4. The molecule has 1 aliphatic heterocycles. The van der Waals surface area contributed by atoms with Crippen molar-refractivity contribution in [3.63, 3.8) is 0 Å². The molecule has 0 bridgehead atoms. The molecule has 0 unspecified atom stereocenters. The predicted molar refractivity (Wildman–Crippen MR) is 93.8 cm³/mol. The molecule has 1 fully saturated rings. The highest BCUT2D eigenvalue weighted by Gasteiger charge is 2.28. The summed E-state index contributed by atoms with van der Waals surface area (Å²) in [5.74, 6) is -0.470. The van der Waals surface area contributed by atoms with Crippen LogP contribution in [0.25, 0.3) is 0 Å². The van der Waals surface area contributed by atoms with Gasteiger partial charge in [0.05, 0.1) is 9.92 Å². The summed E-state index contributed by atoms with van der Waals surface area (Å²) in [6, 6.07) is 10.7. The topological polar surface area (TPSA) is 40.6 Å². The maximum atomic E-state index is 13.3. The summed E-state index contributed by atoms with van der Waals surface area (Å²) in [6.45, 7) is 1.68. The zero-order valence-corrected chi connectivity index (χ0v) is 15.0. The minimum atomic E-state index is -3.57. The molecule has 128 valence electrons. The molecular weight excluding hydrogens is 374 g/mol. The van der Waals surface area contributed by atoms with Crippen LogP contribution >= 0.6 is 23.2 Å². The van der Waals surface area contributed by atoms with E-state index in [-0.39, 0.29) is 9.92 Å². The lowest BCUT2D eigenvalue weighted by Gasteiger charge is -2.35. The number of nitrogens with zero attached hydrogens (tertiary/aromatic N) is 2. The van der Waals surface area contributed by atoms with E-state index >= 15 is 0 Å². The van der Waals surface area contributed by atoms with Gasteiger partial charge in [-0.1, -0.05) is 29.3 Å². The predicted octanol–water partition coefficient (Wildman–Crippen LogP) is 3.64. The molecule has 24 heavy (non-hydrogen) atoms. The Bertz CT molecular complexity index is 853. The molecule has 2 aromatic carbocycles. The van der Waals surface area contributed by atoms with Crippen molar-refractivity contribution in [3.05, 3.63) is 58.3 Å². The van der Waals surface area contributed by atoms with Crippen molar-refractivity contribution < 1.29 is 12.8 Å². The molecule has 1 heterocycles. The van der Waals surface area contributed by atoms with Gasteiger partial charge in [-0.15, -0.1) is 0 Å². The average Bonchev–Trinajstić information content (AvgIpc) is 2.57. The molecule has 0 aliphatic carbocycles. The summed E-state index contributed by atoms with van der Waals surface area (Å²) in [6.07, 6.45) is 0. The van der Waals surface area contributed by atoms with E-state index in [2.05, 4.69) is 0 Å². The molecule has 0 aromatic heterocycles. The third kappa shape index (κ3) is 3.52. The first-order valence-electron chi connectivity index (χ1n) is 7.33. The van der Waals surface area contributed by atoms with Gasteiger partial charge in [-0.2, -0.15) is 4.31 Å². The van der Waals surface area contributed by atoms with Crippen LogP contribution in [0.5, 0.6) is 0 Å². The van der Waals surface area contributed by atoms with Crippen LogP contribution in [0.2, 0.25) is 10.0 Å². The van der Waals surface area contributed by atoms with E-state index in [0.717, 1.165) is 5.69 Å². The van der Waals surface area contributed by atoms with Crippen molar-refractivity contribution in [2.45, 2.75) is 4.90 Å². The highest BCUT2D eigenvalue weighted by molar-refractivity contribution is 7.89. The van der Waals surface area contributed by atoms with Crippen molar-refractivity contribution >= 4 is 38.9 Å². The van der Waals surface area contributed by atoms with E-state index < -0.39 is 15.8 Å². The molecule has 2 aromatic rings. The Morgan fingerprint density at radius 2 is 1.67 bits per heavy atom. The van der Waals surface area contributed by atoms with Crippen molar-refractivity contribution in [1.29, 1.82) is 0 Å². The van der Waals surface area contributed by atoms with Crippen LogP contribution in [-0.4, -0.2) is 38.9 Å². The highest BCUT2D eigenvalue weighted by Crippen LogP contribution is 2.25. The van der Waals surface area contributed by atoms with Crippen LogP contribution in [0.4, 0.5) is 10.1 Å². The standard InChI is InChI=1S/C16H15Cl2FN2O2S/c17-12-2-1-3-14(10-12)24(22,23)21-8-6-20(7-9-21)13-4-5-16(19)15(18)11-13/h1-5,10-11H,6-9H2. The monoisotopic (exact) mass is 388 g/mol. The second-order valence-electron chi connectivity index (χ2n) is 5.45. The number of benzene rings is 2. The molecule has 0 spiro atoms. The summed E-state index contributed by atoms with van der Waals surface area (Å²) in [5, 5.41) is 0.442. The second-order valence-corrected chi connectivity index (χ2v) is 8.23. The lowest BCUT2D eigenvalue weighted by atomic mass is 10.2.